The van der Waals surface area contributed by atoms with E-state index in [0.29, 0.717) is 24.4 Å². The second kappa shape index (κ2) is 28.7. The van der Waals surface area contributed by atoms with Crippen LogP contribution in [0.15, 0.2) is 78.1 Å². The number of Topliss-reactive ketones (excluding diaryl/α,β-unsaturated/α-hetero) is 1. The monoisotopic (exact) mass is 989 g/mol. The van der Waals surface area contributed by atoms with Crippen molar-refractivity contribution in [2.45, 2.75) is 220 Å². The van der Waals surface area contributed by atoms with Gasteiger partial charge in [-0.2, -0.15) is 0 Å². The molecule has 3 aliphatic rings. The Morgan fingerprint density at radius 3 is 1.62 bits per heavy atom. The molecule has 10 nitrogen and oxygen atoms in total. The number of rotatable bonds is 16. The summed E-state index contributed by atoms with van der Waals surface area (Å²) < 4.78 is 16.5. The van der Waals surface area contributed by atoms with Crippen LogP contribution in [0.2, 0.25) is 0 Å². The van der Waals surface area contributed by atoms with E-state index >= 15 is 0 Å². The van der Waals surface area contributed by atoms with Gasteiger partial charge in [-0.15, -0.1) is 0 Å². The average Bonchev–Trinajstić information content (AvgIpc) is 3.29. The van der Waals surface area contributed by atoms with E-state index in [1.54, 1.807) is 47.1 Å². The van der Waals surface area contributed by atoms with E-state index in [0.717, 1.165) is 77.2 Å². The lowest BCUT2D eigenvalue weighted by atomic mass is 9.66. The van der Waals surface area contributed by atoms with Crippen molar-refractivity contribution < 1.29 is 49.6 Å². The molecule has 0 radical (unpaired) electrons. The Hall–Kier alpha value is -4.51. The van der Waals surface area contributed by atoms with E-state index in [2.05, 4.69) is 61.5 Å². The first-order chi connectivity index (χ1) is 33.1. The molecule has 1 saturated carbocycles. The van der Waals surface area contributed by atoms with Gasteiger partial charge in [0, 0.05) is 49.3 Å². The van der Waals surface area contributed by atoms with Crippen LogP contribution in [0.3, 0.4) is 0 Å². The largest absolute Gasteiger partial charge is 0.508 e. The van der Waals surface area contributed by atoms with Gasteiger partial charge in [0.25, 0.3) is 0 Å². The van der Waals surface area contributed by atoms with Gasteiger partial charge < -0.3 is 44.8 Å². The van der Waals surface area contributed by atoms with E-state index in [1.807, 2.05) is 56.3 Å². The zero-order valence-electron chi connectivity index (χ0n) is 46.6. The quantitative estimate of drug-likeness (QED) is 0.0601. The van der Waals surface area contributed by atoms with Gasteiger partial charge in [0.05, 0.1) is 31.2 Å². The topological polar surface area (TPSA) is 166 Å². The molecule has 1 fully saturated rings. The van der Waals surface area contributed by atoms with Crippen molar-refractivity contribution in [2.24, 2.45) is 5.92 Å². The molecule has 6 rings (SSSR count). The minimum Gasteiger partial charge on any atom is -0.508 e. The minimum absolute atomic E-state index is 0.00393. The maximum absolute atomic E-state index is 12.1. The van der Waals surface area contributed by atoms with Crippen molar-refractivity contribution in [3.8, 4) is 28.7 Å². The standard InChI is InChI=1S/C24H36O3.C15H24O2.C10H16O2.C10H14O2.C2H6O/c1-6-7-8-9-12-23(2,3)16-13-20(26)22-18-15-17(25)10-11-19(18)24(4,5)27-21(22)14-16;1-4-5-6-7-8-15(2,3)12-9-13(16)11-14(17)10-12;2*1-10(2,11)8-4-6-9(12-3)7-5-8;1-2-3/h13-14,18-19,26H,6-12,15H2,1-5H3;9-11,16-17H,4-8H2,1-3H3;4,7,11H,5-6H2,1-3H3;4-7,11H,1-3H3;3H,2H2,1H3/t18-,19+;;;;/m1..../s1. The number of phenols is 3. The Bertz CT molecular complexity index is 2090. The second-order valence-corrected chi connectivity index (χ2v) is 22.4. The Labute approximate surface area is 429 Å². The minimum atomic E-state index is -0.772. The molecule has 400 valence electrons. The van der Waals surface area contributed by atoms with Gasteiger partial charge in [0.1, 0.15) is 40.1 Å². The molecule has 6 N–H and O–H groups in total. The molecule has 71 heavy (non-hydrogen) atoms. The number of hydrogen-bond donors (Lipinski definition) is 6. The van der Waals surface area contributed by atoms with Gasteiger partial charge in [-0.05, 0) is 150 Å². The second-order valence-electron chi connectivity index (χ2n) is 22.4. The number of carbonyl (C=O) groups excluding carboxylic acids is 1. The molecule has 3 aromatic rings. The third-order valence-electron chi connectivity index (χ3n) is 14.1. The van der Waals surface area contributed by atoms with Crippen LogP contribution in [0.5, 0.6) is 28.7 Å². The zero-order chi connectivity index (χ0) is 53.8. The number of benzene rings is 3. The molecule has 0 aromatic heterocycles. The number of allylic oxidation sites excluding steroid dienone is 2. The van der Waals surface area contributed by atoms with Crippen molar-refractivity contribution >= 4 is 5.78 Å². The van der Waals surface area contributed by atoms with Crippen LogP contribution in [0, 0.1) is 5.92 Å². The number of aliphatic hydroxyl groups is 3. The molecule has 1 heterocycles. The molecule has 0 saturated heterocycles. The van der Waals surface area contributed by atoms with Gasteiger partial charge in [0.15, 0.2) is 0 Å². The predicted octanol–water partition coefficient (Wildman–Crippen LogP) is 14.5. The number of carbonyl (C=O) groups is 1. The van der Waals surface area contributed by atoms with Crippen LogP contribution >= 0.6 is 0 Å². The third kappa shape index (κ3) is 20.5. The van der Waals surface area contributed by atoms with Crippen molar-refractivity contribution in [3.63, 3.8) is 0 Å². The van der Waals surface area contributed by atoms with Crippen molar-refractivity contribution in [2.75, 3.05) is 20.8 Å². The molecule has 0 bridgehead atoms. The maximum Gasteiger partial charge on any atom is 0.133 e. The van der Waals surface area contributed by atoms with Crippen molar-refractivity contribution in [1.82, 2.24) is 0 Å². The Morgan fingerprint density at radius 1 is 0.662 bits per heavy atom. The molecule has 10 heteroatoms. The SMILES string of the molecule is CCCCCCC(C)(C)c1cc(O)c2c(c1)OC(C)(C)[C@H]1CCC(=O)C[C@@H]21.CCCCCCC(C)(C)c1cc(O)cc(O)c1.CCO.COC1=CCC(C(C)(C)O)=CC1.COc1ccc(C(C)(C)O)cc1. The fraction of sp³-hybridized carbons (Fsp3) is 0.623. The molecular formula is C61H96O10. The fourth-order valence-electron chi connectivity index (χ4n) is 9.50. The normalized spacial score (nSPS) is 17.2. The molecule has 0 spiro atoms. The number of phenolic OH excluding ortho intramolecular Hbond substituents is 3. The third-order valence-corrected chi connectivity index (χ3v) is 14.1. The zero-order valence-corrected chi connectivity index (χ0v) is 46.6. The molecule has 3 aromatic carbocycles. The van der Waals surface area contributed by atoms with Crippen molar-refractivity contribution in [1.29, 1.82) is 0 Å². The Morgan fingerprint density at radius 2 is 1.18 bits per heavy atom. The lowest BCUT2D eigenvalue weighted by Gasteiger charge is -2.47. The van der Waals surface area contributed by atoms with Gasteiger partial charge >= 0.3 is 0 Å². The number of aliphatic hydroxyl groups excluding tert-OH is 1. The first-order valence-electron chi connectivity index (χ1n) is 26.3. The number of ketones is 1. The van der Waals surface area contributed by atoms with Crippen LogP contribution in [0.1, 0.15) is 214 Å². The summed E-state index contributed by atoms with van der Waals surface area (Å²) >= 11 is 0. The summed E-state index contributed by atoms with van der Waals surface area (Å²) in [6.07, 6.45) is 19.8. The van der Waals surface area contributed by atoms with Gasteiger partial charge in [0.2, 0.25) is 0 Å². The summed E-state index contributed by atoms with van der Waals surface area (Å²) in [6.45, 7) is 26.6. The Balaban J connectivity index is 0.000000338. The number of fused-ring (bicyclic) bond motifs is 3. The predicted molar refractivity (Wildman–Crippen MR) is 291 cm³/mol. The molecule has 2 aliphatic carbocycles. The van der Waals surface area contributed by atoms with Crippen LogP contribution in [0.25, 0.3) is 0 Å². The van der Waals surface area contributed by atoms with E-state index in [1.165, 1.54) is 57.4 Å². The summed E-state index contributed by atoms with van der Waals surface area (Å²) in [6, 6.07) is 16.3. The maximum atomic E-state index is 12.1. The van der Waals surface area contributed by atoms with Gasteiger partial charge in [-0.1, -0.05) is 111 Å². The average molecular weight is 989 g/mol. The van der Waals surface area contributed by atoms with E-state index in [-0.39, 0.29) is 46.4 Å². The highest BCUT2D eigenvalue weighted by atomic mass is 16.5. The van der Waals surface area contributed by atoms with Crippen LogP contribution in [0.4, 0.5) is 0 Å². The first kappa shape index (κ1) is 62.6. The number of unbranched alkanes of at least 4 members (excludes halogenated alkanes) is 6. The highest BCUT2D eigenvalue weighted by Crippen LogP contribution is 2.54. The van der Waals surface area contributed by atoms with Crippen LogP contribution in [-0.4, -0.2) is 68.5 Å². The van der Waals surface area contributed by atoms with E-state index < -0.39 is 11.2 Å². The fourth-order valence-corrected chi connectivity index (χ4v) is 9.50. The van der Waals surface area contributed by atoms with E-state index in [4.69, 9.17) is 19.3 Å². The smallest absolute Gasteiger partial charge is 0.133 e. The number of ether oxygens (including phenoxy) is 3. The summed E-state index contributed by atoms with van der Waals surface area (Å²) in [5.41, 5.74) is 3.19. The van der Waals surface area contributed by atoms with Crippen LogP contribution in [-0.2, 0) is 26.0 Å². The summed E-state index contributed by atoms with van der Waals surface area (Å²) in [5, 5.41) is 56.8. The van der Waals surface area contributed by atoms with Gasteiger partial charge in [-0.3, -0.25) is 4.79 Å². The Kier molecular flexibility index (Phi) is 25.3. The highest BCUT2D eigenvalue weighted by molar-refractivity contribution is 5.81. The number of aromatic hydroxyl groups is 3. The lowest BCUT2D eigenvalue weighted by molar-refractivity contribution is -0.124. The summed E-state index contributed by atoms with van der Waals surface area (Å²) in [5.74, 6) is 3.83. The van der Waals surface area contributed by atoms with Crippen molar-refractivity contribution in [3.05, 3.63) is 100 Å². The van der Waals surface area contributed by atoms with Crippen LogP contribution < -0.4 is 9.47 Å². The molecule has 2 atom stereocenters. The summed E-state index contributed by atoms with van der Waals surface area (Å²) in [4.78, 5) is 12.1. The summed E-state index contributed by atoms with van der Waals surface area (Å²) in [7, 11) is 3.30. The molecular weight excluding hydrogens is 893 g/mol. The molecule has 1 aliphatic heterocycles. The lowest BCUT2D eigenvalue weighted by Crippen LogP contribution is -2.47. The first-order valence-corrected chi connectivity index (χ1v) is 26.3. The molecule has 0 amide bonds. The van der Waals surface area contributed by atoms with E-state index in [9.17, 15) is 30.3 Å². The highest BCUT2D eigenvalue weighted by Gasteiger charge is 2.48. The molecule has 0 unspecified atom stereocenters. The number of methoxy groups -OCH3 is 2. The van der Waals surface area contributed by atoms with Gasteiger partial charge in [-0.25, -0.2) is 0 Å². The number of hydrogen-bond acceptors (Lipinski definition) is 10.